The molecule has 0 aromatic carbocycles. The second kappa shape index (κ2) is 4.26. The van der Waals surface area contributed by atoms with Gasteiger partial charge in [-0.15, -0.1) is 0 Å². The molecule has 0 unspecified atom stereocenters. The van der Waals surface area contributed by atoms with Crippen LogP contribution in [0.4, 0.5) is 0 Å². The van der Waals surface area contributed by atoms with Gasteiger partial charge in [0, 0.05) is 12.3 Å². The molecule has 0 fully saturated rings. The summed E-state index contributed by atoms with van der Waals surface area (Å²) in [6.07, 6.45) is 3.99. The molecule has 0 heterocycles. The van der Waals surface area contributed by atoms with Crippen molar-refractivity contribution in [1.82, 2.24) is 0 Å². The average Bonchev–Trinajstić information content (AvgIpc) is 2.04. The van der Waals surface area contributed by atoms with Crippen molar-refractivity contribution < 1.29 is 9.53 Å². The van der Waals surface area contributed by atoms with Crippen LogP contribution in [0.25, 0.3) is 0 Å². The van der Waals surface area contributed by atoms with E-state index in [4.69, 9.17) is 4.74 Å². The van der Waals surface area contributed by atoms with Gasteiger partial charge in [0.05, 0.1) is 0 Å². The van der Waals surface area contributed by atoms with E-state index in [9.17, 15) is 4.79 Å². The fourth-order valence-electron chi connectivity index (χ4n) is 1.76. The summed E-state index contributed by atoms with van der Waals surface area (Å²) in [5.41, 5.74) is 2.39. The highest BCUT2D eigenvalue weighted by molar-refractivity contribution is 5.38. The van der Waals surface area contributed by atoms with Crippen LogP contribution in [0.1, 0.15) is 26.7 Å². The Morgan fingerprint density at radius 1 is 1.77 bits per heavy atom. The molecule has 0 bridgehead atoms. The van der Waals surface area contributed by atoms with Crippen LogP contribution in [0.3, 0.4) is 0 Å². The molecule has 0 N–H and O–H groups in total. The lowest BCUT2D eigenvalue weighted by atomic mass is 9.83. The highest BCUT2D eigenvalue weighted by atomic mass is 16.5. The van der Waals surface area contributed by atoms with Crippen LogP contribution in [0.15, 0.2) is 23.8 Å². The lowest BCUT2D eigenvalue weighted by Crippen LogP contribution is -2.27. The van der Waals surface area contributed by atoms with Crippen LogP contribution in [0, 0.1) is 5.92 Å². The Morgan fingerprint density at radius 2 is 2.46 bits per heavy atom. The van der Waals surface area contributed by atoms with Crippen LogP contribution in [0.2, 0.25) is 0 Å². The molecule has 0 aromatic rings. The van der Waals surface area contributed by atoms with Gasteiger partial charge in [-0.25, -0.2) is 0 Å². The SMILES string of the molecule is C=C(C)[C@H]1CC=C(C)C[C@@H]1OC=O. The Hall–Kier alpha value is -1.05. The Bertz CT molecular complexity index is 240. The molecule has 2 heteroatoms. The molecule has 0 radical (unpaired) electrons. The number of carbonyl (C=O) groups is 1. The summed E-state index contributed by atoms with van der Waals surface area (Å²) in [6.45, 7) is 8.50. The van der Waals surface area contributed by atoms with Gasteiger partial charge in [-0.05, 0) is 20.3 Å². The topological polar surface area (TPSA) is 26.3 Å². The molecule has 2 nitrogen and oxygen atoms in total. The third kappa shape index (κ3) is 2.44. The zero-order valence-corrected chi connectivity index (χ0v) is 8.25. The van der Waals surface area contributed by atoms with E-state index < -0.39 is 0 Å². The number of allylic oxidation sites excluding steroid dienone is 1. The maximum atomic E-state index is 10.3. The highest BCUT2D eigenvalue weighted by Crippen LogP contribution is 2.30. The van der Waals surface area contributed by atoms with E-state index in [2.05, 4.69) is 19.6 Å². The summed E-state index contributed by atoms with van der Waals surface area (Å²) in [5.74, 6) is 0.300. The second-order valence-corrected chi connectivity index (χ2v) is 3.71. The van der Waals surface area contributed by atoms with E-state index in [1.54, 1.807) is 0 Å². The van der Waals surface area contributed by atoms with Gasteiger partial charge in [0.15, 0.2) is 0 Å². The monoisotopic (exact) mass is 180 g/mol. The third-order valence-corrected chi connectivity index (χ3v) is 2.56. The number of carbonyl (C=O) groups excluding carboxylic acids is 1. The zero-order valence-electron chi connectivity index (χ0n) is 8.25. The van der Waals surface area contributed by atoms with Crippen molar-refractivity contribution in [3.05, 3.63) is 23.8 Å². The fourth-order valence-corrected chi connectivity index (χ4v) is 1.76. The molecule has 1 aliphatic carbocycles. The average molecular weight is 180 g/mol. The quantitative estimate of drug-likeness (QED) is 0.492. The maximum Gasteiger partial charge on any atom is 0.293 e. The van der Waals surface area contributed by atoms with Crippen LogP contribution < -0.4 is 0 Å². The Labute approximate surface area is 79.3 Å². The van der Waals surface area contributed by atoms with Crippen LogP contribution in [-0.2, 0) is 9.53 Å². The molecule has 0 spiro atoms. The van der Waals surface area contributed by atoms with Crippen molar-refractivity contribution in [2.45, 2.75) is 32.8 Å². The van der Waals surface area contributed by atoms with E-state index in [0.29, 0.717) is 12.4 Å². The summed E-state index contributed by atoms with van der Waals surface area (Å²) in [4.78, 5) is 10.3. The van der Waals surface area contributed by atoms with E-state index >= 15 is 0 Å². The predicted molar refractivity (Wildman–Crippen MR) is 52.2 cm³/mol. The molecule has 0 amide bonds. The van der Waals surface area contributed by atoms with E-state index in [1.807, 2.05) is 6.92 Å². The van der Waals surface area contributed by atoms with Crippen molar-refractivity contribution >= 4 is 6.47 Å². The van der Waals surface area contributed by atoms with E-state index in [-0.39, 0.29) is 6.10 Å². The standard InChI is InChI=1S/C11H16O2/c1-8(2)10-5-4-9(3)6-11(10)13-7-12/h4,7,10-11H,1,5-6H2,2-3H3/t10-,11+/m1/s1. The van der Waals surface area contributed by atoms with Crippen molar-refractivity contribution in [2.75, 3.05) is 0 Å². The molecular formula is C11H16O2. The first-order chi connectivity index (χ1) is 6.15. The highest BCUT2D eigenvalue weighted by Gasteiger charge is 2.26. The number of hydrogen-bond donors (Lipinski definition) is 0. The summed E-state index contributed by atoms with van der Waals surface area (Å²) in [6, 6.07) is 0. The minimum absolute atomic E-state index is 0.000000000000000222. The first-order valence-electron chi connectivity index (χ1n) is 4.55. The molecule has 2 atom stereocenters. The Balaban J connectivity index is 2.71. The summed E-state index contributed by atoms with van der Waals surface area (Å²) < 4.78 is 5.04. The van der Waals surface area contributed by atoms with Crippen LogP contribution in [0.5, 0.6) is 0 Å². The van der Waals surface area contributed by atoms with Gasteiger partial charge in [-0.1, -0.05) is 23.8 Å². The van der Waals surface area contributed by atoms with Crippen LogP contribution in [-0.4, -0.2) is 12.6 Å². The van der Waals surface area contributed by atoms with Gasteiger partial charge >= 0.3 is 0 Å². The normalized spacial score (nSPS) is 27.7. The summed E-state index contributed by atoms with van der Waals surface area (Å²) in [7, 11) is 0. The van der Waals surface area contributed by atoms with E-state index in [1.165, 1.54) is 5.57 Å². The molecule has 72 valence electrons. The second-order valence-electron chi connectivity index (χ2n) is 3.71. The van der Waals surface area contributed by atoms with Crippen LogP contribution >= 0.6 is 0 Å². The largest absolute Gasteiger partial charge is 0.464 e. The number of rotatable bonds is 3. The minimum atomic E-state index is -0.000000000000000222. The van der Waals surface area contributed by atoms with Gasteiger partial charge in [0.1, 0.15) is 6.10 Å². The molecule has 13 heavy (non-hydrogen) atoms. The molecule has 1 rings (SSSR count). The smallest absolute Gasteiger partial charge is 0.293 e. The van der Waals surface area contributed by atoms with Gasteiger partial charge in [-0.2, -0.15) is 0 Å². The number of hydrogen-bond acceptors (Lipinski definition) is 2. The van der Waals surface area contributed by atoms with Gasteiger partial charge in [-0.3, -0.25) is 4.79 Å². The molecule has 0 saturated carbocycles. The molecular weight excluding hydrogens is 164 g/mol. The Kier molecular flexibility index (Phi) is 3.29. The first-order valence-corrected chi connectivity index (χ1v) is 4.55. The first kappa shape index (κ1) is 10.0. The summed E-state index contributed by atoms with van der Waals surface area (Å²) >= 11 is 0. The third-order valence-electron chi connectivity index (χ3n) is 2.56. The molecule has 0 saturated heterocycles. The predicted octanol–water partition coefficient (Wildman–Crippen LogP) is 2.46. The van der Waals surface area contributed by atoms with Crippen molar-refractivity contribution in [2.24, 2.45) is 5.92 Å². The zero-order chi connectivity index (χ0) is 9.84. The van der Waals surface area contributed by atoms with Crippen molar-refractivity contribution in [1.29, 1.82) is 0 Å². The van der Waals surface area contributed by atoms with Gasteiger partial charge in [0.25, 0.3) is 6.47 Å². The Morgan fingerprint density at radius 3 is 3.00 bits per heavy atom. The molecule has 1 aliphatic rings. The maximum absolute atomic E-state index is 10.3. The van der Waals surface area contributed by atoms with E-state index in [0.717, 1.165) is 18.4 Å². The lowest BCUT2D eigenvalue weighted by molar-refractivity contribution is -0.135. The summed E-state index contributed by atoms with van der Waals surface area (Å²) in [5, 5.41) is 0. The number of ether oxygens (including phenoxy) is 1. The molecule has 0 aliphatic heterocycles. The minimum Gasteiger partial charge on any atom is -0.464 e. The molecule has 0 aromatic heterocycles. The van der Waals surface area contributed by atoms with Gasteiger partial charge in [0.2, 0.25) is 0 Å². The van der Waals surface area contributed by atoms with Gasteiger partial charge < -0.3 is 4.74 Å². The van der Waals surface area contributed by atoms with Crippen molar-refractivity contribution in [3.63, 3.8) is 0 Å². The lowest BCUT2D eigenvalue weighted by Gasteiger charge is -2.29. The van der Waals surface area contributed by atoms with Crippen molar-refractivity contribution in [3.8, 4) is 0 Å². The fraction of sp³-hybridized carbons (Fsp3) is 0.545.